The Hall–Kier alpha value is -3.25. The number of aromatic nitrogens is 1. The number of hydrogen-bond acceptors (Lipinski definition) is 4. The predicted molar refractivity (Wildman–Crippen MR) is 126 cm³/mol. The Labute approximate surface area is 188 Å². The minimum Gasteiger partial charge on any atom is -0.335 e. The average molecular weight is 429 g/mol. The molecule has 1 aromatic heterocycles. The number of amides is 2. The van der Waals surface area contributed by atoms with Gasteiger partial charge in [0.2, 0.25) is 11.8 Å². The number of piperidine rings is 1. The first-order chi connectivity index (χ1) is 15.6. The van der Waals surface area contributed by atoms with Crippen LogP contribution in [-0.4, -0.2) is 47.9 Å². The van der Waals surface area contributed by atoms with Gasteiger partial charge in [-0.1, -0.05) is 36.4 Å². The van der Waals surface area contributed by atoms with Crippen molar-refractivity contribution in [2.24, 2.45) is 5.41 Å². The van der Waals surface area contributed by atoms with Gasteiger partial charge in [-0.2, -0.15) is 0 Å². The molecule has 0 aliphatic carbocycles. The number of pyridine rings is 1. The van der Waals surface area contributed by atoms with Gasteiger partial charge in [0.1, 0.15) is 5.82 Å². The van der Waals surface area contributed by atoms with Crippen LogP contribution in [0.2, 0.25) is 0 Å². The molecule has 3 aliphatic heterocycles. The molecule has 0 atom stereocenters. The van der Waals surface area contributed by atoms with Gasteiger partial charge in [0, 0.05) is 25.4 Å². The van der Waals surface area contributed by atoms with Gasteiger partial charge in [-0.3, -0.25) is 9.59 Å². The minimum atomic E-state index is -0.339. The van der Waals surface area contributed by atoms with E-state index in [0.717, 1.165) is 50.0 Å². The summed E-state index contributed by atoms with van der Waals surface area (Å²) >= 11 is 0. The lowest BCUT2D eigenvalue weighted by Gasteiger charge is -2.39. The monoisotopic (exact) mass is 428 g/mol. The molecule has 1 saturated heterocycles. The first-order valence-corrected chi connectivity index (χ1v) is 11.4. The largest absolute Gasteiger partial charge is 0.335 e. The van der Waals surface area contributed by atoms with Crippen molar-refractivity contribution in [2.45, 2.75) is 25.7 Å². The standard InChI is InChI=1S/C26H28N4O2/c31-23(30-14-8-21(9-15-30)20-4-2-1-3-5-20)7-6-19-16-22-17-26(10-12-27-13-11-26)25(32)29-24(22)28-18-19/h1-8,16,18,27H,9-15,17H2,(H,28,29,32)/b7-6+. The van der Waals surface area contributed by atoms with E-state index < -0.39 is 0 Å². The number of hydrogen-bond donors (Lipinski definition) is 2. The lowest BCUT2D eigenvalue weighted by atomic mass is 9.71. The summed E-state index contributed by atoms with van der Waals surface area (Å²) in [5.74, 6) is 0.747. The van der Waals surface area contributed by atoms with Gasteiger partial charge in [-0.25, -0.2) is 4.98 Å². The third-order valence-corrected chi connectivity index (χ3v) is 6.87. The molecule has 0 radical (unpaired) electrons. The number of carbonyl (C=O) groups is 2. The van der Waals surface area contributed by atoms with Gasteiger partial charge < -0.3 is 15.5 Å². The van der Waals surface area contributed by atoms with Gasteiger partial charge in [-0.05, 0) is 73.2 Å². The Morgan fingerprint density at radius 1 is 1.16 bits per heavy atom. The minimum absolute atomic E-state index is 0.00853. The van der Waals surface area contributed by atoms with Gasteiger partial charge in [0.15, 0.2) is 0 Å². The number of nitrogens with zero attached hydrogens (tertiary/aromatic N) is 2. The van der Waals surface area contributed by atoms with Crippen molar-refractivity contribution in [3.05, 3.63) is 71.4 Å². The first-order valence-electron chi connectivity index (χ1n) is 11.4. The van der Waals surface area contributed by atoms with E-state index in [0.29, 0.717) is 18.8 Å². The molecule has 1 fully saturated rings. The van der Waals surface area contributed by atoms with E-state index in [4.69, 9.17) is 0 Å². The highest BCUT2D eigenvalue weighted by atomic mass is 16.2. The van der Waals surface area contributed by atoms with Crippen LogP contribution in [0, 0.1) is 5.41 Å². The van der Waals surface area contributed by atoms with E-state index in [1.165, 1.54) is 11.1 Å². The van der Waals surface area contributed by atoms with Crippen LogP contribution in [0.5, 0.6) is 0 Å². The zero-order chi connectivity index (χ0) is 22.0. The maximum absolute atomic E-state index is 12.7. The van der Waals surface area contributed by atoms with Crippen molar-refractivity contribution in [3.63, 3.8) is 0 Å². The fourth-order valence-electron chi connectivity index (χ4n) is 4.92. The second-order valence-corrected chi connectivity index (χ2v) is 8.90. The molecule has 6 heteroatoms. The summed E-state index contributed by atoms with van der Waals surface area (Å²) in [6.45, 7) is 3.06. The number of fused-ring (bicyclic) bond motifs is 1. The lowest BCUT2D eigenvalue weighted by Crippen LogP contribution is -2.48. The van der Waals surface area contributed by atoms with Crippen LogP contribution in [0.25, 0.3) is 11.6 Å². The van der Waals surface area contributed by atoms with Crippen LogP contribution in [0.1, 0.15) is 36.0 Å². The number of benzene rings is 1. The molecule has 1 aromatic carbocycles. The lowest BCUT2D eigenvalue weighted by molar-refractivity contribution is -0.127. The number of nitrogens with one attached hydrogen (secondary N) is 2. The first kappa shape index (κ1) is 20.6. The van der Waals surface area contributed by atoms with Crippen LogP contribution in [0.3, 0.4) is 0 Å². The van der Waals surface area contributed by atoms with E-state index in [-0.39, 0.29) is 17.2 Å². The highest BCUT2D eigenvalue weighted by Crippen LogP contribution is 2.39. The van der Waals surface area contributed by atoms with E-state index >= 15 is 0 Å². The van der Waals surface area contributed by atoms with Gasteiger partial charge in [0.25, 0.3) is 0 Å². The SMILES string of the molecule is O=C(/C=C/c1cnc2c(c1)CC1(CCNCC1)C(=O)N2)N1CC=C(c2ccccc2)CC1. The fraction of sp³-hybridized carbons (Fsp3) is 0.346. The van der Waals surface area contributed by atoms with Crippen LogP contribution in [0.4, 0.5) is 5.82 Å². The van der Waals surface area contributed by atoms with Crippen molar-refractivity contribution in [1.29, 1.82) is 0 Å². The molecule has 5 rings (SSSR count). The van der Waals surface area contributed by atoms with Crippen LogP contribution >= 0.6 is 0 Å². The molecule has 4 heterocycles. The zero-order valence-electron chi connectivity index (χ0n) is 18.1. The maximum Gasteiger partial charge on any atom is 0.246 e. The molecular formula is C26H28N4O2. The summed E-state index contributed by atoms with van der Waals surface area (Å²) < 4.78 is 0. The molecule has 6 nitrogen and oxygen atoms in total. The van der Waals surface area contributed by atoms with E-state index in [1.54, 1.807) is 12.3 Å². The van der Waals surface area contributed by atoms with Crippen molar-refractivity contribution in [3.8, 4) is 0 Å². The molecule has 3 aliphatic rings. The molecule has 32 heavy (non-hydrogen) atoms. The third kappa shape index (κ3) is 4.10. The molecule has 0 bridgehead atoms. The maximum atomic E-state index is 12.7. The van der Waals surface area contributed by atoms with Crippen LogP contribution in [-0.2, 0) is 16.0 Å². The second kappa shape index (κ2) is 8.71. The van der Waals surface area contributed by atoms with Crippen molar-refractivity contribution >= 4 is 29.3 Å². The summed E-state index contributed by atoms with van der Waals surface area (Å²) in [4.78, 5) is 31.7. The van der Waals surface area contributed by atoms with Crippen molar-refractivity contribution < 1.29 is 9.59 Å². The summed E-state index contributed by atoms with van der Waals surface area (Å²) in [5, 5.41) is 6.33. The third-order valence-electron chi connectivity index (χ3n) is 6.87. The van der Waals surface area contributed by atoms with Crippen LogP contribution in [0.15, 0.2) is 54.7 Å². The van der Waals surface area contributed by atoms with Crippen molar-refractivity contribution in [1.82, 2.24) is 15.2 Å². The summed E-state index contributed by atoms with van der Waals surface area (Å²) in [6.07, 6.45) is 10.6. The Kier molecular flexibility index (Phi) is 5.62. The molecule has 2 N–H and O–H groups in total. The molecule has 164 valence electrons. The Morgan fingerprint density at radius 2 is 1.97 bits per heavy atom. The zero-order valence-corrected chi connectivity index (χ0v) is 18.1. The fourth-order valence-corrected chi connectivity index (χ4v) is 4.92. The number of rotatable bonds is 3. The van der Waals surface area contributed by atoms with Gasteiger partial charge in [-0.15, -0.1) is 0 Å². The molecule has 0 saturated carbocycles. The Morgan fingerprint density at radius 3 is 2.72 bits per heavy atom. The summed E-state index contributed by atoms with van der Waals surface area (Å²) in [7, 11) is 0. The molecule has 2 amide bonds. The second-order valence-electron chi connectivity index (χ2n) is 8.90. The Bertz CT molecular complexity index is 1080. The summed E-state index contributed by atoms with van der Waals surface area (Å²) in [5.41, 5.74) is 4.12. The number of carbonyl (C=O) groups excluding carboxylic acids is 2. The van der Waals surface area contributed by atoms with E-state index in [9.17, 15) is 9.59 Å². The highest BCUT2D eigenvalue weighted by Gasteiger charge is 2.43. The summed E-state index contributed by atoms with van der Waals surface area (Å²) in [6, 6.07) is 12.4. The highest BCUT2D eigenvalue weighted by molar-refractivity contribution is 5.98. The normalized spacial score (nSPS) is 20.1. The van der Waals surface area contributed by atoms with Crippen molar-refractivity contribution in [2.75, 3.05) is 31.5 Å². The van der Waals surface area contributed by atoms with Crippen LogP contribution < -0.4 is 10.6 Å². The number of anilines is 1. The van der Waals surface area contributed by atoms with E-state index in [1.807, 2.05) is 29.2 Å². The van der Waals surface area contributed by atoms with E-state index in [2.05, 4.69) is 39.9 Å². The van der Waals surface area contributed by atoms with Gasteiger partial charge >= 0.3 is 0 Å². The van der Waals surface area contributed by atoms with Gasteiger partial charge in [0.05, 0.1) is 5.41 Å². The predicted octanol–water partition coefficient (Wildman–Crippen LogP) is 3.28. The quantitative estimate of drug-likeness (QED) is 0.736. The Balaban J connectivity index is 1.26. The molecule has 0 unspecified atom stereocenters. The molecular weight excluding hydrogens is 400 g/mol. The smallest absolute Gasteiger partial charge is 0.246 e. The topological polar surface area (TPSA) is 74.3 Å². The molecule has 1 spiro atoms. The average Bonchev–Trinajstić information content (AvgIpc) is 2.84. The molecule has 2 aromatic rings.